The Balaban J connectivity index is 1.37. The van der Waals surface area contributed by atoms with Crippen LogP contribution in [0.4, 0.5) is 42.0 Å². The van der Waals surface area contributed by atoms with E-state index in [4.69, 9.17) is 0 Å². The molecule has 0 radical (unpaired) electrons. The summed E-state index contributed by atoms with van der Waals surface area (Å²) in [5.74, 6) is 1.18. The smallest absolute Gasteiger partial charge is 0.378 e. The van der Waals surface area contributed by atoms with Crippen molar-refractivity contribution in [3.05, 3.63) is 75.9 Å². The molecule has 5 rings (SSSR count). The van der Waals surface area contributed by atoms with E-state index in [-0.39, 0.29) is 11.3 Å². The van der Waals surface area contributed by atoms with Crippen molar-refractivity contribution >= 4 is 57.3 Å². The summed E-state index contributed by atoms with van der Waals surface area (Å²) in [6.07, 6.45) is 2.54. The number of hydrogen-bond donors (Lipinski definition) is 3. The monoisotopic (exact) mass is 648 g/mol. The Labute approximate surface area is 236 Å². The van der Waals surface area contributed by atoms with E-state index in [1.165, 1.54) is 17.3 Å². The number of amides is 1. The van der Waals surface area contributed by atoms with E-state index < -0.39 is 17.6 Å². The number of rotatable bonds is 8. The van der Waals surface area contributed by atoms with Crippen LogP contribution in [0.15, 0.2) is 61.2 Å². The van der Waals surface area contributed by atoms with Crippen LogP contribution in [0.1, 0.15) is 28.8 Å². The van der Waals surface area contributed by atoms with Crippen LogP contribution in [0.25, 0.3) is 5.82 Å². The fraction of sp³-hybridized carbons (Fsp3) is 0.231. The molecule has 0 saturated heterocycles. The molecule has 0 aliphatic heterocycles. The Morgan fingerprint density at radius 1 is 1.08 bits per heavy atom. The molecule has 39 heavy (non-hydrogen) atoms. The second-order valence-electron chi connectivity index (χ2n) is 9.24. The molecular formula is C26H24F3IN8O. The molecular weight excluding hydrogens is 624 g/mol. The summed E-state index contributed by atoms with van der Waals surface area (Å²) >= 11 is 2.15. The summed E-state index contributed by atoms with van der Waals surface area (Å²) in [4.78, 5) is 27.5. The zero-order valence-electron chi connectivity index (χ0n) is 20.9. The second kappa shape index (κ2) is 10.7. The molecule has 2 heterocycles. The Kier molecular flexibility index (Phi) is 7.34. The van der Waals surface area contributed by atoms with Gasteiger partial charge in [0, 0.05) is 59.1 Å². The molecule has 3 N–H and O–H groups in total. The summed E-state index contributed by atoms with van der Waals surface area (Å²) in [6.45, 7) is 0. The summed E-state index contributed by atoms with van der Waals surface area (Å²) in [5, 5.41) is 9.30. The largest absolute Gasteiger partial charge is 0.416 e. The molecule has 1 aliphatic rings. The van der Waals surface area contributed by atoms with Crippen molar-refractivity contribution in [1.82, 2.24) is 19.5 Å². The van der Waals surface area contributed by atoms with Gasteiger partial charge in [-0.05, 0) is 71.8 Å². The van der Waals surface area contributed by atoms with E-state index in [9.17, 15) is 18.0 Å². The third kappa shape index (κ3) is 6.41. The minimum Gasteiger partial charge on any atom is -0.378 e. The lowest BCUT2D eigenvalue weighted by Crippen LogP contribution is -2.17. The minimum atomic E-state index is -4.58. The van der Waals surface area contributed by atoms with Gasteiger partial charge in [0.05, 0.1) is 11.3 Å². The number of carbonyl (C=O) groups is 1. The maximum Gasteiger partial charge on any atom is 0.416 e. The fourth-order valence-electron chi connectivity index (χ4n) is 3.76. The van der Waals surface area contributed by atoms with Crippen molar-refractivity contribution in [2.75, 3.05) is 34.9 Å². The van der Waals surface area contributed by atoms with E-state index in [1.54, 1.807) is 49.3 Å². The number of hydrogen-bond acceptors (Lipinski definition) is 7. The number of nitrogens with zero attached hydrogens (tertiary/aromatic N) is 5. The fourth-order valence-corrected chi connectivity index (χ4v) is 4.23. The Bertz CT molecular complexity index is 1520. The van der Waals surface area contributed by atoms with Gasteiger partial charge in [0.1, 0.15) is 18.0 Å². The first-order chi connectivity index (χ1) is 18.6. The normalized spacial score (nSPS) is 13.2. The van der Waals surface area contributed by atoms with E-state index in [1.807, 2.05) is 6.07 Å². The number of anilines is 5. The molecule has 1 amide bonds. The summed E-state index contributed by atoms with van der Waals surface area (Å²) in [7, 11) is 3.23. The maximum atomic E-state index is 13.4. The Morgan fingerprint density at radius 3 is 2.59 bits per heavy atom. The van der Waals surface area contributed by atoms with Crippen LogP contribution < -0.4 is 20.9 Å². The maximum absolute atomic E-state index is 13.4. The molecule has 1 fully saturated rings. The van der Waals surface area contributed by atoms with Crippen LogP contribution in [0, 0.1) is 3.57 Å². The van der Waals surface area contributed by atoms with E-state index in [0.717, 1.165) is 34.4 Å². The highest BCUT2D eigenvalue weighted by atomic mass is 127. The van der Waals surface area contributed by atoms with Crippen LogP contribution >= 0.6 is 22.6 Å². The number of aromatic nitrogens is 4. The predicted octanol–water partition coefficient (Wildman–Crippen LogP) is 5.92. The number of carbonyl (C=O) groups excluding carboxylic acids is 1. The standard InChI is InChI=1S/C26H24F3IN8O/c1-37(2)19-10-15(9-16(11-19)26(27,28)29)24(39)35-18-5-6-20(30)21(12-18)36-25-31-7-8-38(25)23-13-22(32-14-33-23)34-17-3-4-17/h5-14,17H,3-4H2,1-2H3,(H,31,36)(H,35,39)(H,32,33,34). The topological polar surface area (TPSA) is 100 Å². The first-order valence-corrected chi connectivity index (χ1v) is 13.0. The highest BCUT2D eigenvalue weighted by molar-refractivity contribution is 14.1. The molecule has 1 aliphatic carbocycles. The zero-order chi connectivity index (χ0) is 27.7. The van der Waals surface area contributed by atoms with E-state index in [2.05, 4.69) is 53.5 Å². The third-order valence-corrected chi connectivity index (χ3v) is 6.90. The number of imidazole rings is 1. The van der Waals surface area contributed by atoms with Gasteiger partial charge < -0.3 is 20.9 Å². The molecule has 0 atom stereocenters. The third-order valence-electron chi connectivity index (χ3n) is 5.96. The van der Waals surface area contributed by atoms with Gasteiger partial charge in [-0.25, -0.2) is 15.0 Å². The van der Waals surface area contributed by atoms with Crippen molar-refractivity contribution in [2.45, 2.75) is 25.1 Å². The molecule has 202 valence electrons. The number of benzene rings is 2. The average molecular weight is 648 g/mol. The molecule has 9 nitrogen and oxygen atoms in total. The Hall–Kier alpha value is -3.88. The van der Waals surface area contributed by atoms with Crippen molar-refractivity contribution in [2.24, 2.45) is 0 Å². The van der Waals surface area contributed by atoms with Gasteiger partial charge in [0.25, 0.3) is 5.91 Å². The van der Waals surface area contributed by atoms with E-state index in [0.29, 0.717) is 29.2 Å². The quantitative estimate of drug-likeness (QED) is 0.204. The molecule has 0 spiro atoms. The second-order valence-corrected chi connectivity index (χ2v) is 10.4. The Morgan fingerprint density at radius 2 is 1.87 bits per heavy atom. The lowest BCUT2D eigenvalue weighted by molar-refractivity contribution is -0.137. The molecule has 1 saturated carbocycles. The molecule has 0 bridgehead atoms. The molecule has 2 aromatic heterocycles. The molecule has 13 heteroatoms. The predicted molar refractivity (Wildman–Crippen MR) is 152 cm³/mol. The van der Waals surface area contributed by atoms with Gasteiger partial charge in [-0.1, -0.05) is 0 Å². The highest BCUT2D eigenvalue weighted by Crippen LogP contribution is 2.33. The summed E-state index contributed by atoms with van der Waals surface area (Å²) in [6, 6.07) is 10.7. The molecule has 2 aromatic carbocycles. The van der Waals surface area contributed by atoms with Gasteiger partial charge in [0.15, 0.2) is 0 Å². The van der Waals surface area contributed by atoms with Crippen molar-refractivity contribution in [3.63, 3.8) is 0 Å². The van der Waals surface area contributed by atoms with E-state index >= 15 is 0 Å². The van der Waals surface area contributed by atoms with Gasteiger partial charge in [-0.3, -0.25) is 9.36 Å². The lowest BCUT2D eigenvalue weighted by atomic mass is 10.1. The van der Waals surface area contributed by atoms with Gasteiger partial charge >= 0.3 is 6.18 Å². The van der Waals surface area contributed by atoms with Crippen LogP contribution in [0.5, 0.6) is 0 Å². The van der Waals surface area contributed by atoms with Crippen LogP contribution in [0.2, 0.25) is 0 Å². The summed E-state index contributed by atoms with van der Waals surface area (Å²) < 4.78 is 42.9. The lowest BCUT2D eigenvalue weighted by Gasteiger charge is -2.17. The number of nitrogens with one attached hydrogen (secondary N) is 3. The van der Waals surface area contributed by atoms with Gasteiger partial charge in [-0.15, -0.1) is 0 Å². The average Bonchev–Trinajstić information content (AvgIpc) is 3.59. The first kappa shape index (κ1) is 26.7. The van der Waals surface area contributed by atoms with Gasteiger partial charge in [-0.2, -0.15) is 13.2 Å². The van der Waals surface area contributed by atoms with Crippen molar-refractivity contribution in [1.29, 1.82) is 0 Å². The van der Waals surface area contributed by atoms with Crippen LogP contribution in [-0.4, -0.2) is 45.6 Å². The minimum absolute atomic E-state index is 0.100. The SMILES string of the molecule is CN(C)c1cc(C(=O)Nc2ccc(I)c(Nc3nccn3-c3cc(NC4CC4)ncn3)c2)cc(C(F)(F)F)c1. The number of halogens is 4. The number of alkyl halides is 3. The van der Waals surface area contributed by atoms with Crippen LogP contribution in [0.3, 0.4) is 0 Å². The van der Waals surface area contributed by atoms with Crippen molar-refractivity contribution in [3.8, 4) is 5.82 Å². The molecule has 4 aromatic rings. The van der Waals surface area contributed by atoms with Crippen LogP contribution in [-0.2, 0) is 6.18 Å². The molecule has 0 unspecified atom stereocenters. The first-order valence-electron chi connectivity index (χ1n) is 12.0. The summed E-state index contributed by atoms with van der Waals surface area (Å²) in [5.41, 5.74) is 0.325. The van der Waals surface area contributed by atoms with Crippen molar-refractivity contribution < 1.29 is 18.0 Å². The van der Waals surface area contributed by atoms with Gasteiger partial charge in [0.2, 0.25) is 5.95 Å². The zero-order valence-corrected chi connectivity index (χ0v) is 23.1. The highest BCUT2D eigenvalue weighted by Gasteiger charge is 2.32.